The van der Waals surface area contributed by atoms with Gasteiger partial charge in [-0.05, 0) is 0 Å². The number of carbonyl (C=O) groups is 1. The van der Waals surface area contributed by atoms with Crippen molar-refractivity contribution >= 4 is 30.3 Å². The molecule has 2 heterocycles. The molecule has 0 radical (unpaired) electrons. The Kier molecular flexibility index (Phi) is 6.96. The molecule has 1 fully saturated rings. The van der Waals surface area contributed by atoms with Crippen molar-refractivity contribution in [3.63, 3.8) is 0 Å². The second-order valence-electron chi connectivity index (χ2n) is 3.92. The van der Waals surface area contributed by atoms with E-state index in [-0.39, 0.29) is 18.5 Å². The molecule has 1 saturated heterocycles. The minimum atomic E-state index is -0.227. The van der Waals surface area contributed by atoms with E-state index in [9.17, 15) is 4.79 Å². The lowest BCUT2D eigenvalue weighted by Crippen LogP contribution is -2.46. The molecule has 0 aliphatic carbocycles. The van der Waals surface area contributed by atoms with Crippen molar-refractivity contribution in [1.82, 2.24) is 25.0 Å². The number of amides is 1. The highest BCUT2D eigenvalue weighted by Gasteiger charge is 2.16. The van der Waals surface area contributed by atoms with E-state index in [0.717, 1.165) is 31.3 Å². The van der Waals surface area contributed by atoms with Gasteiger partial charge in [0.15, 0.2) is 5.16 Å². The van der Waals surface area contributed by atoms with Crippen molar-refractivity contribution in [3.05, 3.63) is 6.33 Å². The summed E-state index contributed by atoms with van der Waals surface area (Å²) in [5.74, 6) is 0.685. The Balaban J connectivity index is 0.00000180. The van der Waals surface area contributed by atoms with E-state index in [1.807, 2.05) is 11.6 Å². The number of carbonyl (C=O) groups excluding carboxylic acids is 1. The van der Waals surface area contributed by atoms with Crippen LogP contribution in [0.25, 0.3) is 0 Å². The summed E-state index contributed by atoms with van der Waals surface area (Å²) in [6.07, 6.45) is 1.42. The third-order valence-electron chi connectivity index (χ3n) is 2.59. The number of nitrogens with zero attached hydrogens (tertiary/aromatic N) is 4. The van der Waals surface area contributed by atoms with E-state index >= 15 is 0 Å². The monoisotopic (exact) mass is 307 g/mol. The Morgan fingerprint density at radius 2 is 2.26 bits per heavy atom. The lowest BCUT2D eigenvalue weighted by atomic mass is 10.4. The molecule has 108 valence electrons. The first-order valence-corrected chi connectivity index (χ1v) is 6.85. The number of aryl methyl sites for hydroxylation is 1. The van der Waals surface area contributed by atoms with Crippen molar-refractivity contribution in [2.75, 3.05) is 38.5 Å². The quantitative estimate of drug-likeness (QED) is 0.640. The Bertz CT molecular complexity index is 397. The Morgan fingerprint density at radius 3 is 2.89 bits per heavy atom. The van der Waals surface area contributed by atoms with Gasteiger partial charge in [0.2, 0.25) is 0 Å². The van der Waals surface area contributed by atoms with Crippen molar-refractivity contribution in [2.45, 2.75) is 5.16 Å². The molecule has 1 aliphatic heterocycles. The molecular weight excluding hydrogens is 290 g/mol. The number of nitrogens with one attached hydrogen (secondary N) is 1. The molecule has 9 heteroatoms. The maximum absolute atomic E-state index is 11.7. The maximum atomic E-state index is 11.7. The minimum Gasteiger partial charge on any atom is -0.449 e. The van der Waals surface area contributed by atoms with Gasteiger partial charge < -0.3 is 19.5 Å². The lowest BCUT2D eigenvalue weighted by molar-refractivity contribution is 0.103. The molecule has 1 aliphatic rings. The van der Waals surface area contributed by atoms with Gasteiger partial charge >= 0.3 is 6.09 Å². The predicted octanol–water partition coefficient (Wildman–Crippen LogP) is 0.371. The first-order chi connectivity index (χ1) is 8.77. The van der Waals surface area contributed by atoms with Crippen LogP contribution in [0, 0.1) is 0 Å². The van der Waals surface area contributed by atoms with Crippen LogP contribution >= 0.6 is 24.2 Å². The molecule has 0 atom stereocenters. The highest BCUT2D eigenvalue weighted by atomic mass is 35.5. The van der Waals surface area contributed by atoms with Gasteiger partial charge in [-0.3, -0.25) is 0 Å². The first-order valence-electron chi connectivity index (χ1n) is 5.86. The van der Waals surface area contributed by atoms with Crippen molar-refractivity contribution in [2.24, 2.45) is 7.05 Å². The topological polar surface area (TPSA) is 72.3 Å². The fourth-order valence-electron chi connectivity index (χ4n) is 1.60. The Hall–Kier alpha value is -0.990. The predicted molar refractivity (Wildman–Crippen MR) is 74.8 cm³/mol. The minimum absolute atomic E-state index is 0. The van der Waals surface area contributed by atoms with Gasteiger partial charge in [0.1, 0.15) is 12.9 Å². The zero-order chi connectivity index (χ0) is 12.8. The maximum Gasteiger partial charge on any atom is 0.409 e. The molecule has 1 amide bonds. The Morgan fingerprint density at radius 1 is 1.53 bits per heavy atom. The molecule has 19 heavy (non-hydrogen) atoms. The number of halogens is 1. The summed E-state index contributed by atoms with van der Waals surface area (Å²) in [5.41, 5.74) is 0. The molecule has 1 aromatic heterocycles. The number of thioether (sulfide) groups is 1. The highest BCUT2D eigenvalue weighted by Crippen LogP contribution is 2.12. The van der Waals surface area contributed by atoms with E-state index in [2.05, 4.69) is 15.5 Å². The second-order valence-corrected chi connectivity index (χ2v) is 4.99. The van der Waals surface area contributed by atoms with Gasteiger partial charge in [0, 0.05) is 39.0 Å². The molecule has 2 rings (SSSR count). The van der Waals surface area contributed by atoms with Gasteiger partial charge in [-0.15, -0.1) is 22.6 Å². The number of rotatable bonds is 4. The van der Waals surface area contributed by atoms with Crippen LogP contribution in [0.1, 0.15) is 0 Å². The fourth-order valence-corrected chi connectivity index (χ4v) is 2.31. The molecule has 0 saturated carbocycles. The van der Waals surface area contributed by atoms with E-state index in [1.54, 1.807) is 11.2 Å². The average molecular weight is 308 g/mol. The summed E-state index contributed by atoms with van der Waals surface area (Å²) in [4.78, 5) is 13.4. The number of ether oxygens (including phenoxy) is 1. The van der Waals surface area contributed by atoms with E-state index in [0.29, 0.717) is 12.4 Å². The van der Waals surface area contributed by atoms with E-state index in [4.69, 9.17) is 4.74 Å². The molecule has 0 spiro atoms. The average Bonchev–Trinajstić information content (AvgIpc) is 2.81. The lowest BCUT2D eigenvalue weighted by Gasteiger charge is -2.26. The van der Waals surface area contributed by atoms with Crippen LogP contribution in [0.3, 0.4) is 0 Å². The van der Waals surface area contributed by atoms with Crippen molar-refractivity contribution in [3.8, 4) is 0 Å². The van der Waals surface area contributed by atoms with Crippen molar-refractivity contribution in [1.29, 1.82) is 0 Å². The fraction of sp³-hybridized carbons (Fsp3) is 0.700. The number of piperazine rings is 1. The van der Waals surface area contributed by atoms with Crippen LogP contribution in [-0.2, 0) is 11.8 Å². The molecule has 7 nitrogen and oxygen atoms in total. The van der Waals surface area contributed by atoms with Gasteiger partial charge in [-0.25, -0.2) is 4.79 Å². The van der Waals surface area contributed by atoms with Crippen LogP contribution in [0.2, 0.25) is 0 Å². The molecule has 0 aromatic carbocycles. The summed E-state index contributed by atoms with van der Waals surface area (Å²) >= 11 is 1.52. The van der Waals surface area contributed by atoms with Crippen LogP contribution in [0.15, 0.2) is 11.5 Å². The summed E-state index contributed by atoms with van der Waals surface area (Å²) in [5, 5.41) is 11.7. The van der Waals surface area contributed by atoms with Gasteiger partial charge in [0.05, 0.1) is 0 Å². The van der Waals surface area contributed by atoms with Gasteiger partial charge in [-0.1, -0.05) is 11.8 Å². The van der Waals surface area contributed by atoms with Crippen LogP contribution in [0.4, 0.5) is 4.79 Å². The zero-order valence-electron chi connectivity index (χ0n) is 10.7. The third-order valence-corrected chi connectivity index (χ3v) is 3.58. The molecular formula is C10H18ClN5O2S. The Labute approximate surface area is 122 Å². The van der Waals surface area contributed by atoms with Gasteiger partial charge in [-0.2, -0.15) is 0 Å². The molecule has 0 bridgehead atoms. The number of hydrogen-bond donors (Lipinski definition) is 1. The summed E-state index contributed by atoms with van der Waals surface area (Å²) in [6.45, 7) is 3.50. The van der Waals surface area contributed by atoms with Crippen LogP contribution < -0.4 is 5.32 Å². The molecule has 0 unspecified atom stereocenters. The summed E-state index contributed by atoms with van der Waals surface area (Å²) < 4.78 is 7.04. The summed E-state index contributed by atoms with van der Waals surface area (Å²) in [6, 6.07) is 0. The van der Waals surface area contributed by atoms with Crippen molar-refractivity contribution < 1.29 is 9.53 Å². The standard InChI is InChI=1S/C10H17N5O2S.ClH/c1-14-8-12-13-9(14)18-7-6-17-10(16)15-4-2-11-3-5-15;/h8,11H,2-7H2,1H3;1H. The van der Waals surface area contributed by atoms with Gasteiger partial charge in [0.25, 0.3) is 0 Å². The number of hydrogen-bond acceptors (Lipinski definition) is 6. The summed E-state index contributed by atoms with van der Waals surface area (Å²) in [7, 11) is 1.88. The molecule has 1 aromatic rings. The smallest absolute Gasteiger partial charge is 0.409 e. The zero-order valence-corrected chi connectivity index (χ0v) is 12.4. The highest BCUT2D eigenvalue weighted by molar-refractivity contribution is 7.99. The number of aromatic nitrogens is 3. The van der Waals surface area contributed by atoms with E-state index in [1.165, 1.54) is 11.8 Å². The van der Waals surface area contributed by atoms with Crippen LogP contribution in [0.5, 0.6) is 0 Å². The van der Waals surface area contributed by atoms with Crippen LogP contribution in [-0.4, -0.2) is 64.3 Å². The molecule has 1 N–H and O–H groups in total. The van der Waals surface area contributed by atoms with E-state index < -0.39 is 0 Å². The first kappa shape index (κ1) is 16.1. The second kappa shape index (κ2) is 8.23. The normalized spacial score (nSPS) is 14.9. The third kappa shape index (κ3) is 4.88. The largest absolute Gasteiger partial charge is 0.449 e. The SMILES string of the molecule is Cl.Cn1cnnc1SCCOC(=O)N1CCNCC1.